The van der Waals surface area contributed by atoms with Crippen LogP contribution in [0.25, 0.3) is 11.1 Å². The average Bonchev–Trinajstić information content (AvgIpc) is 2.73. The van der Waals surface area contributed by atoms with Crippen LogP contribution in [0.4, 0.5) is 4.39 Å². The summed E-state index contributed by atoms with van der Waals surface area (Å²) in [6.07, 6.45) is 3.63. The molecule has 1 aromatic heterocycles. The van der Waals surface area contributed by atoms with Crippen LogP contribution in [-0.2, 0) is 16.4 Å². The SMILES string of the molecule is CC(Oc1ccc(-c2ccc(F)c(S(N)(=O)=O)c2)cc1)C(O)CCc1cccnc1. The van der Waals surface area contributed by atoms with Gasteiger partial charge in [-0.2, -0.15) is 0 Å². The Kier molecular flexibility index (Phi) is 6.81. The first-order valence-electron chi connectivity index (χ1n) is 9.40. The molecule has 30 heavy (non-hydrogen) atoms. The van der Waals surface area contributed by atoms with E-state index in [4.69, 9.17) is 9.88 Å². The number of benzene rings is 2. The molecule has 3 aromatic rings. The summed E-state index contributed by atoms with van der Waals surface area (Å²) in [4.78, 5) is 3.51. The molecule has 8 heteroatoms. The number of hydrogen-bond donors (Lipinski definition) is 2. The zero-order valence-corrected chi connectivity index (χ0v) is 17.2. The number of aryl methyl sites for hydroxylation is 1. The van der Waals surface area contributed by atoms with E-state index in [0.29, 0.717) is 29.7 Å². The first-order chi connectivity index (χ1) is 14.2. The normalized spacial score (nSPS) is 13.6. The second-order valence-corrected chi connectivity index (χ2v) is 8.53. The first-order valence-corrected chi connectivity index (χ1v) is 10.9. The van der Waals surface area contributed by atoms with E-state index in [2.05, 4.69) is 4.98 Å². The Hall–Kier alpha value is -2.81. The summed E-state index contributed by atoms with van der Waals surface area (Å²) < 4.78 is 42.6. The molecule has 0 amide bonds. The number of rotatable bonds is 8. The Balaban J connectivity index is 1.64. The van der Waals surface area contributed by atoms with Crippen LogP contribution in [0.2, 0.25) is 0 Å². The summed E-state index contributed by atoms with van der Waals surface area (Å²) in [7, 11) is -4.15. The molecular weight excluding hydrogens is 407 g/mol. The molecule has 158 valence electrons. The Morgan fingerprint density at radius 1 is 1.13 bits per heavy atom. The van der Waals surface area contributed by atoms with Crippen LogP contribution in [0.3, 0.4) is 0 Å². The van der Waals surface area contributed by atoms with E-state index in [1.807, 2.05) is 12.1 Å². The lowest BCUT2D eigenvalue weighted by atomic mass is 10.0. The van der Waals surface area contributed by atoms with Crippen LogP contribution >= 0.6 is 0 Å². The van der Waals surface area contributed by atoms with Crippen molar-refractivity contribution in [3.63, 3.8) is 0 Å². The fourth-order valence-corrected chi connectivity index (χ4v) is 3.65. The molecule has 3 N–H and O–H groups in total. The fraction of sp³-hybridized carbons (Fsp3) is 0.227. The predicted molar refractivity (Wildman–Crippen MR) is 112 cm³/mol. The highest BCUT2D eigenvalue weighted by atomic mass is 32.2. The molecule has 3 rings (SSSR count). The number of nitrogens with zero attached hydrogens (tertiary/aromatic N) is 1. The summed E-state index contributed by atoms with van der Waals surface area (Å²) in [5.74, 6) is -0.337. The summed E-state index contributed by atoms with van der Waals surface area (Å²) in [5.41, 5.74) is 2.24. The van der Waals surface area contributed by atoms with Gasteiger partial charge in [-0.25, -0.2) is 17.9 Å². The van der Waals surface area contributed by atoms with Gasteiger partial charge in [0.05, 0.1) is 6.10 Å². The molecule has 1 heterocycles. The lowest BCUT2D eigenvalue weighted by Crippen LogP contribution is -2.29. The van der Waals surface area contributed by atoms with E-state index < -0.39 is 32.9 Å². The van der Waals surface area contributed by atoms with Gasteiger partial charge in [0.1, 0.15) is 22.6 Å². The van der Waals surface area contributed by atoms with Crippen LogP contribution in [0.5, 0.6) is 5.75 Å². The number of halogens is 1. The first kappa shape index (κ1) is 21.9. The zero-order valence-electron chi connectivity index (χ0n) is 16.4. The van der Waals surface area contributed by atoms with Crippen LogP contribution < -0.4 is 9.88 Å². The maximum absolute atomic E-state index is 13.7. The number of hydrogen-bond acceptors (Lipinski definition) is 5. The van der Waals surface area contributed by atoms with Crippen molar-refractivity contribution in [3.8, 4) is 16.9 Å². The third kappa shape index (κ3) is 5.63. The number of aromatic nitrogens is 1. The number of aliphatic hydroxyl groups is 1. The molecule has 2 unspecified atom stereocenters. The van der Waals surface area contributed by atoms with E-state index in [9.17, 15) is 17.9 Å². The summed E-state index contributed by atoms with van der Waals surface area (Å²) in [6.45, 7) is 1.79. The second-order valence-electron chi connectivity index (χ2n) is 7.00. The van der Waals surface area contributed by atoms with Crippen LogP contribution in [0.15, 0.2) is 71.9 Å². The van der Waals surface area contributed by atoms with Gasteiger partial charge in [-0.3, -0.25) is 4.98 Å². The number of pyridine rings is 1. The molecular formula is C22H23FN2O4S. The number of sulfonamides is 1. The molecule has 0 radical (unpaired) electrons. The van der Waals surface area contributed by atoms with E-state index in [1.165, 1.54) is 12.1 Å². The second kappa shape index (κ2) is 9.34. The number of ether oxygens (including phenoxy) is 1. The highest BCUT2D eigenvalue weighted by Crippen LogP contribution is 2.26. The molecule has 0 fully saturated rings. The third-order valence-electron chi connectivity index (χ3n) is 4.74. The van der Waals surface area contributed by atoms with Crippen molar-refractivity contribution < 1.29 is 22.7 Å². The van der Waals surface area contributed by atoms with Gasteiger partial charge < -0.3 is 9.84 Å². The molecule has 6 nitrogen and oxygen atoms in total. The highest BCUT2D eigenvalue weighted by Gasteiger charge is 2.17. The number of nitrogens with two attached hydrogens (primary N) is 1. The van der Waals surface area contributed by atoms with Crippen LogP contribution in [0.1, 0.15) is 18.9 Å². The maximum atomic E-state index is 13.7. The van der Waals surface area contributed by atoms with Crippen molar-refractivity contribution in [2.24, 2.45) is 5.14 Å². The Bertz CT molecular complexity index is 1090. The van der Waals surface area contributed by atoms with Gasteiger partial charge in [0.2, 0.25) is 10.0 Å². The molecule has 2 aromatic carbocycles. The lowest BCUT2D eigenvalue weighted by molar-refractivity contribution is 0.0420. The van der Waals surface area contributed by atoms with Gasteiger partial charge in [0.25, 0.3) is 0 Å². The highest BCUT2D eigenvalue weighted by molar-refractivity contribution is 7.89. The van der Waals surface area contributed by atoms with Gasteiger partial charge in [-0.05, 0) is 66.8 Å². The van der Waals surface area contributed by atoms with Crippen molar-refractivity contribution >= 4 is 10.0 Å². The van der Waals surface area contributed by atoms with Crippen molar-refractivity contribution in [3.05, 3.63) is 78.4 Å². The van der Waals surface area contributed by atoms with Gasteiger partial charge in [0.15, 0.2) is 0 Å². The minimum Gasteiger partial charge on any atom is -0.488 e. The Morgan fingerprint density at radius 3 is 2.47 bits per heavy atom. The monoisotopic (exact) mass is 430 g/mol. The molecule has 0 bridgehead atoms. The Morgan fingerprint density at radius 2 is 1.83 bits per heavy atom. The average molecular weight is 431 g/mol. The molecule has 0 aliphatic carbocycles. The molecule has 0 aliphatic heterocycles. The van der Waals surface area contributed by atoms with Crippen molar-refractivity contribution in [1.82, 2.24) is 4.98 Å². The molecule has 2 atom stereocenters. The van der Waals surface area contributed by atoms with Crippen molar-refractivity contribution in [1.29, 1.82) is 0 Å². The van der Waals surface area contributed by atoms with Gasteiger partial charge in [-0.1, -0.05) is 24.3 Å². The standard InChI is InChI=1S/C22H23FN2O4S/c1-15(21(26)11-4-16-3-2-12-25-14-16)29-19-8-5-17(6-9-19)18-7-10-20(23)22(13-18)30(24,27)28/h2-3,5-10,12-15,21,26H,4,11H2,1H3,(H2,24,27,28). The smallest absolute Gasteiger partial charge is 0.240 e. The minimum absolute atomic E-state index is 0.424. The number of primary sulfonamides is 1. The summed E-state index contributed by atoms with van der Waals surface area (Å²) >= 11 is 0. The maximum Gasteiger partial charge on any atom is 0.240 e. The van der Waals surface area contributed by atoms with Crippen molar-refractivity contribution in [2.45, 2.75) is 36.9 Å². The lowest BCUT2D eigenvalue weighted by Gasteiger charge is -2.20. The van der Waals surface area contributed by atoms with Gasteiger partial charge >= 0.3 is 0 Å². The predicted octanol–water partition coefficient (Wildman–Crippen LogP) is 3.30. The van der Waals surface area contributed by atoms with E-state index in [1.54, 1.807) is 43.6 Å². The summed E-state index contributed by atoms with van der Waals surface area (Å²) in [6, 6.07) is 14.4. The van der Waals surface area contributed by atoms with Gasteiger partial charge in [0, 0.05) is 12.4 Å². The third-order valence-corrected chi connectivity index (χ3v) is 5.67. The summed E-state index contributed by atoms with van der Waals surface area (Å²) in [5, 5.41) is 15.4. The topological polar surface area (TPSA) is 103 Å². The van der Waals surface area contributed by atoms with E-state index >= 15 is 0 Å². The van der Waals surface area contributed by atoms with Gasteiger partial charge in [-0.15, -0.1) is 0 Å². The Labute approximate surface area is 175 Å². The van der Waals surface area contributed by atoms with Crippen LogP contribution in [0, 0.1) is 5.82 Å². The van der Waals surface area contributed by atoms with Crippen molar-refractivity contribution in [2.75, 3.05) is 0 Å². The molecule has 0 aliphatic rings. The molecule has 0 saturated carbocycles. The largest absolute Gasteiger partial charge is 0.488 e. The van der Waals surface area contributed by atoms with E-state index in [-0.39, 0.29) is 0 Å². The van der Waals surface area contributed by atoms with Crippen LogP contribution in [-0.4, -0.2) is 30.7 Å². The quantitative estimate of drug-likeness (QED) is 0.571. The zero-order chi connectivity index (χ0) is 21.7. The fourth-order valence-electron chi connectivity index (χ4n) is 3.02. The number of aliphatic hydroxyl groups excluding tert-OH is 1. The minimum atomic E-state index is -4.15. The molecule has 0 spiro atoms. The van der Waals surface area contributed by atoms with E-state index in [0.717, 1.165) is 11.6 Å². The molecule has 0 saturated heterocycles.